The van der Waals surface area contributed by atoms with E-state index in [-0.39, 0.29) is 0 Å². The van der Waals surface area contributed by atoms with Gasteiger partial charge in [0.2, 0.25) is 9.84 Å². The van der Waals surface area contributed by atoms with Crippen LogP contribution >= 0.6 is 0 Å². The lowest BCUT2D eigenvalue weighted by atomic mass is 10.0. The summed E-state index contributed by atoms with van der Waals surface area (Å²) >= 11 is 0. The second-order valence-corrected chi connectivity index (χ2v) is 8.70. The third kappa shape index (κ3) is 4.10. The van der Waals surface area contributed by atoms with Gasteiger partial charge in [-0.2, -0.15) is 5.10 Å². The van der Waals surface area contributed by atoms with Crippen LogP contribution in [0.5, 0.6) is 0 Å². The molecule has 0 unspecified atom stereocenters. The van der Waals surface area contributed by atoms with Gasteiger partial charge in [-0.25, -0.2) is 8.42 Å². The molecule has 0 radical (unpaired) electrons. The zero-order chi connectivity index (χ0) is 17.9. The predicted octanol–water partition coefficient (Wildman–Crippen LogP) is 4.98. The third-order valence-electron chi connectivity index (χ3n) is 4.55. The average molecular weight is 356 g/mol. The highest BCUT2D eigenvalue weighted by Crippen LogP contribution is 2.24. The molecule has 0 saturated heterocycles. The number of hydrogen-bond donors (Lipinski definition) is 1. The van der Waals surface area contributed by atoms with E-state index in [9.17, 15) is 8.42 Å². The molecule has 132 valence electrons. The molecule has 2 aromatic rings. The predicted molar refractivity (Wildman–Crippen MR) is 102 cm³/mol. The summed E-state index contributed by atoms with van der Waals surface area (Å²) in [5, 5.41) is 4.39. The van der Waals surface area contributed by atoms with E-state index in [0.29, 0.717) is 15.7 Å². The molecule has 0 heterocycles. The molecule has 4 nitrogen and oxygen atoms in total. The van der Waals surface area contributed by atoms with Crippen LogP contribution in [-0.2, 0) is 9.84 Å². The van der Waals surface area contributed by atoms with Crippen molar-refractivity contribution in [2.75, 3.05) is 5.43 Å². The fourth-order valence-electron chi connectivity index (χ4n) is 2.92. The standard InChI is InChI=1S/C20H24N2O2S/c1-15(2)16-7-11-19(12-8-16)25(23,24)20-13-9-18(10-14-20)22-21-17-5-3-4-6-17/h7-15,22H,3-6H2,1-2H3. The van der Waals surface area contributed by atoms with Crippen LogP contribution in [0.1, 0.15) is 51.0 Å². The molecule has 3 rings (SSSR count). The summed E-state index contributed by atoms with van der Waals surface area (Å²) in [4.78, 5) is 0.618. The highest BCUT2D eigenvalue weighted by atomic mass is 32.2. The minimum absolute atomic E-state index is 0.295. The van der Waals surface area contributed by atoms with Crippen LogP contribution < -0.4 is 5.43 Å². The molecule has 0 amide bonds. The second kappa shape index (κ2) is 7.40. The van der Waals surface area contributed by atoms with Gasteiger partial charge in [-0.15, -0.1) is 0 Å². The van der Waals surface area contributed by atoms with Gasteiger partial charge in [0.15, 0.2) is 0 Å². The van der Waals surface area contributed by atoms with Crippen molar-refractivity contribution in [3.05, 3.63) is 54.1 Å². The Balaban J connectivity index is 1.76. The largest absolute Gasteiger partial charge is 0.279 e. The van der Waals surface area contributed by atoms with Crippen molar-refractivity contribution >= 4 is 21.2 Å². The van der Waals surface area contributed by atoms with Gasteiger partial charge >= 0.3 is 0 Å². The Morgan fingerprint density at radius 2 is 1.40 bits per heavy atom. The van der Waals surface area contributed by atoms with E-state index >= 15 is 0 Å². The van der Waals surface area contributed by atoms with Gasteiger partial charge in [-0.3, -0.25) is 5.43 Å². The highest BCUT2D eigenvalue weighted by molar-refractivity contribution is 7.91. The quantitative estimate of drug-likeness (QED) is 0.768. The van der Waals surface area contributed by atoms with Crippen molar-refractivity contribution in [2.45, 2.75) is 55.2 Å². The molecule has 0 aromatic heterocycles. The molecule has 5 heteroatoms. The minimum atomic E-state index is -3.49. The molecule has 0 aliphatic heterocycles. The number of nitrogens with one attached hydrogen (secondary N) is 1. The second-order valence-electron chi connectivity index (χ2n) is 6.75. The van der Waals surface area contributed by atoms with Gasteiger partial charge in [-0.05, 0) is 73.6 Å². The topological polar surface area (TPSA) is 58.5 Å². The summed E-state index contributed by atoms with van der Waals surface area (Å²) < 4.78 is 25.5. The molecule has 0 spiro atoms. The minimum Gasteiger partial charge on any atom is -0.279 e. The van der Waals surface area contributed by atoms with Crippen LogP contribution in [0.2, 0.25) is 0 Å². The van der Waals surface area contributed by atoms with Crippen LogP contribution in [0.3, 0.4) is 0 Å². The fourth-order valence-corrected chi connectivity index (χ4v) is 4.18. The average Bonchev–Trinajstić information content (AvgIpc) is 3.14. The van der Waals surface area contributed by atoms with Crippen molar-refractivity contribution in [2.24, 2.45) is 5.10 Å². The van der Waals surface area contributed by atoms with Crippen LogP contribution in [0.4, 0.5) is 5.69 Å². The van der Waals surface area contributed by atoms with E-state index in [2.05, 4.69) is 24.4 Å². The van der Waals surface area contributed by atoms with Gasteiger partial charge < -0.3 is 0 Å². The maximum Gasteiger partial charge on any atom is 0.206 e. The number of rotatable bonds is 5. The van der Waals surface area contributed by atoms with E-state index < -0.39 is 9.84 Å². The first-order valence-electron chi connectivity index (χ1n) is 8.73. The maximum absolute atomic E-state index is 12.7. The molecular formula is C20H24N2O2S. The normalized spacial score (nSPS) is 14.8. The van der Waals surface area contributed by atoms with Crippen LogP contribution in [0.25, 0.3) is 0 Å². The van der Waals surface area contributed by atoms with Gasteiger partial charge in [0, 0.05) is 5.71 Å². The molecule has 1 saturated carbocycles. The van der Waals surface area contributed by atoms with Gasteiger partial charge in [0.1, 0.15) is 0 Å². The first-order valence-corrected chi connectivity index (χ1v) is 10.2. The Morgan fingerprint density at radius 3 is 1.92 bits per heavy atom. The number of anilines is 1. The zero-order valence-corrected chi connectivity index (χ0v) is 15.5. The molecule has 0 bridgehead atoms. The maximum atomic E-state index is 12.7. The highest BCUT2D eigenvalue weighted by Gasteiger charge is 2.17. The number of sulfone groups is 1. The first-order chi connectivity index (χ1) is 12.0. The van der Waals surface area contributed by atoms with Crippen LogP contribution in [0, 0.1) is 0 Å². The van der Waals surface area contributed by atoms with Crippen molar-refractivity contribution < 1.29 is 8.42 Å². The van der Waals surface area contributed by atoms with E-state index in [1.165, 1.54) is 18.6 Å². The lowest BCUT2D eigenvalue weighted by Crippen LogP contribution is -2.03. The van der Waals surface area contributed by atoms with Crippen molar-refractivity contribution in [3.63, 3.8) is 0 Å². The summed E-state index contributed by atoms with van der Waals surface area (Å²) in [6.07, 6.45) is 4.50. The van der Waals surface area contributed by atoms with Gasteiger partial charge in [0.05, 0.1) is 15.5 Å². The smallest absolute Gasteiger partial charge is 0.206 e. The Hall–Kier alpha value is -2.14. The van der Waals surface area contributed by atoms with Crippen molar-refractivity contribution in [3.8, 4) is 0 Å². The van der Waals surface area contributed by atoms with Crippen molar-refractivity contribution in [1.29, 1.82) is 0 Å². The molecule has 1 N–H and O–H groups in total. The number of hydrazone groups is 1. The number of nitrogens with zero attached hydrogens (tertiary/aromatic N) is 1. The van der Waals surface area contributed by atoms with E-state index in [4.69, 9.17) is 0 Å². The Kier molecular flexibility index (Phi) is 5.23. The molecule has 1 aliphatic carbocycles. The Morgan fingerprint density at radius 1 is 0.880 bits per heavy atom. The third-order valence-corrected chi connectivity index (χ3v) is 6.33. The number of benzene rings is 2. The molecule has 25 heavy (non-hydrogen) atoms. The first kappa shape index (κ1) is 17.7. The summed E-state index contributed by atoms with van der Waals surface area (Å²) in [7, 11) is -3.49. The summed E-state index contributed by atoms with van der Waals surface area (Å²) in [6.45, 7) is 4.17. The van der Waals surface area contributed by atoms with Crippen LogP contribution in [0.15, 0.2) is 63.4 Å². The molecular weight excluding hydrogens is 332 g/mol. The van der Waals surface area contributed by atoms with Crippen molar-refractivity contribution in [1.82, 2.24) is 0 Å². The Labute approximate surface area is 149 Å². The van der Waals surface area contributed by atoms with Crippen LogP contribution in [-0.4, -0.2) is 14.1 Å². The van der Waals surface area contributed by atoms with E-state index in [0.717, 1.165) is 24.1 Å². The monoisotopic (exact) mass is 356 g/mol. The van der Waals surface area contributed by atoms with E-state index in [1.807, 2.05) is 12.1 Å². The number of hydrogen-bond acceptors (Lipinski definition) is 4. The SMILES string of the molecule is CC(C)c1ccc(S(=O)(=O)c2ccc(NN=C3CCCC3)cc2)cc1. The molecule has 0 atom stereocenters. The lowest BCUT2D eigenvalue weighted by Gasteiger charge is -2.09. The fraction of sp³-hybridized carbons (Fsp3) is 0.350. The summed E-state index contributed by atoms with van der Waals surface area (Å²) in [5.41, 5.74) is 6.13. The summed E-state index contributed by atoms with van der Waals surface area (Å²) in [5.74, 6) is 0.378. The molecule has 1 fully saturated rings. The zero-order valence-electron chi connectivity index (χ0n) is 14.7. The summed E-state index contributed by atoms with van der Waals surface area (Å²) in [6, 6.07) is 13.9. The molecule has 1 aliphatic rings. The molecule has 2 aromatic carbocycles. The van der Waals surface area contributed by atoms with Gasteiger partial charge in [0.25, 0.3) is 0 Å². The van der Waals surface area contributed by atoms with Gasteiger partial charge in [-0.1, -0.05) is 26.0 Å². The lowest BCUT2D eigenvalue weighted by molar-refractivity contribution is 0.596. The Bertz CT molecular complexity index is 844. The van der Waals surface area contributed by atoms with E-state index in [1.54, 1.807) is 36.4 Å².